The molecular formula is C21H28N6O3. The molecule has 2 aliphatic rings. The number of aromatic nitrogens is 2. The second kappa shape index (κ2) is 9.62. The van der Waals surface area contributed by atoms with Crippen molar-refractivity contribution in [2.24, 2.45) is 0 Å². The zero-order valence-corrected chi connectivity index (χ0v) is 17.3. The number of rotatable bonds is 5. The number of anilines is 3. The van der Waals surface area contributed by atoms with Gasteiger partial charge in [-0.1, -0.05) is 12.1 Å². The molecule has 2 aromatic rings. The highest BCUT2D eigenvalue weighted by atomic mass is 16.5. The number of hydrogen-bond acceptors (Lipinski definition) is 7. The number of para-hydroxylation sites is 2. The van der Waals surface area contributed by atoms with E-state index in [-0.39, 0.29) is 6.03 Å². The van der Waals surface area contributed by atoms with Crippen molar-refractivity contribution in [3.63, 3.8) is 0 Å². The molecule has 2 saturated heterocycles. The van der Waals surface area contributed by atoms with Crippen molar-refractivity contribution in [3.05, 3.63) is 36.5 Å². The van der Waals surface area contributed by atoms with Crippen LogP contribution in [0.3, 0.4) is 0 Å². The summed E-state index contributed by atoms with van der Waals surface area (Å²) in [5.74, 6) is 2.32. The van der Waals surface area contributed by atoms with E-state index in [1.807, 2.05) is 42.2 Å². The van der Waals surface area contributed by atoms with Gasteiger partial charge in [0.15, 0.2) is 0 Å². The molecule has 9 heteroatoms. The van der Waals surface area contributed by atoms with Gasteiger partial charge in [-0.05, 0) is 25.1 Å². The van der Waals surface area contributed by atoms with Crippen LogP contribution in [0.15, 0.2) is 36.5 Å². The van der Waals surface area contributed by atoms with E-state index >= 15 is 0 Å². The Balaban J connectivity index is 1.34. The van der Waals surface area contributed by atoms with E-state index in [9.17, 15) is 4.79 Å². The molecule has 2 amide bonds. The van der Waals surface area contributed by atoms with Crippen LogP contribution in [0.4, 0.5) is 22.2 Å². The van der Waals surface area contributed by atoms with Gasteiger partial charge in [0.1, 0.15) is 11.6 Å². The Morgan fingerprint density at radius 1 is 1.07 bits per heavy atom. The number of carbonyl (C=O) groups is 1. The standard InChI is InChI=1S/C21H28N6O3/c1-2-30-18-6-4-3-5-17(18)23-21(28)27-11-9-25(10-12-27)19-7-8-22-20(24-19)26-13-15-29-16-14-26/h3-8H,2,9-16H2,1H3,(H,23,28). The summed E-state index contributed by atoms with van der Waals surface area (Å²) in [6.07, 6.45) is 1.80. The van der Waals surface area contributed by atoms with Crippen molar-refractivity contribution in [3.8, 4) is 5.75 Å². The van der Waals surface area contributed by atoms with Crippen molar-refractivity contribution in [1.29, 1.82) is 0 Å². The lowest BCUT2D eigenvalue weighted by molar-refractivity contribution is 0.122. The maximum absolute atomic E-state index is 12.7. The number of benzene rings is 1. The number of ether oxygens (including phenoxy) is 2. The normalized spacial score (nSPS) is 17.0. The van der Waals surface area contributed by atoms with E-state index < -0.39 is 0 Å². The Morgan fingerprint density at radius 3 is 2.60 bits per heavy atom. The lowest BCUT2D eigenvalue weighted by Gasteiger charge is -2.36. The van der Waals surface area contributed by atoms with E-state index in [4.69, 9.17) is 14.5 Å². The number of urea groups is 1. The van der Waals surface area contributed by atoms with Gasteiger partial charge in [-0.3, -0.25) is 0 Å². The second-order valence-electron chi connectivity index (χ2n) is 7.15. The second-order valence-corrected chi connectivity index (χ2v) is 7.15. The lowest BCUT2D eigenvalue weighted by Crippen LogP contribution is -2.50. The van der Waals surface area contributed by atoms with E-state index in [1.54, 1.807) is 6.20 Å². The highest BCUT2D eigenvalue weighted by molar-refractivity contribution is 5.91. The maximum atomic E-state index is 12.7. The molecule has 0 aliphatic carbocycles. The third-order valence-corrected chi connectivity index (χ3v) is 5.24. The van der Waals surface area contributed by atoms with Gasteiger partial charge in [0.25, 0.3) is 0 Å². The molecule has 0 unspecified atom stereocenters. The number of carbonyl (C=O) groups excluding carboxylic acids is 1. The Bertz CT molecular complexity index is 850. The fourth-order valence-corrected chi connectivity index (χ4v) is 3.62. The van der Waals surface area contributed by atoms with E-state index in [2.05, 4.69) is 20.1 Å². The molecule has 2 fully saturated rings. The first kappa shape index (κ1) is 20.2. The van der Waals surface area contributed by atoms with Crippen LogP contribution in [0.1, 0.15) is 6.92 Å². The molecule has 4 rings (SSSR count). The van der Waals surface area contributed by atoms with Gasteiger partial charge in [-0.15, -0.1) is 0 Å². The molecule has 3 heterocycles. The minimum absolute atomic E-state index is 0.113. The molecule has 0 bridgehead atoms. The molecule has 1 N–H and O–H groups in total. The summed E-state index contributed by atoms with van der Waals surface area (Å²) in [6, 6.07) is 9.31. The summed E-state index contributed by atoms with van der Waals surface area (Å²) in [6.45, 7) is 8.19. The molecule has 160 valence electrons. The molecule has 0 saturated carbocycles. The maximum Gasteiger partial charge on any atom is 0.322 e. The smallest absolute Gasteiger partial charge is 0.322 e. The fourth-order valence-electron chi connectivity index (χ4n) is 3.62. The number of hydrogen-bond donors (Lipinski definition) is 1. The quantitative estimate of drug-likeness (QED) is 0.805. The van der Waals surface area contributed by atoms with Crippen LogP contribution in [0.5, 0.6) is 5.75 Å². The summed E-state index contributed by atoms with van der Waals surface area (Å²) in [4.78, 5) is 28.0. The first-order valence-electron chi connectivity index (χ1n) is 10.4. The van der Waals surface area contributed by atoms with Gasteiger partial charge >= 0.3 is 6.03 Å². The van der Waals surface area contributed by atoms with Gasteiger partial charge in [0, 0.05) is 45.5 Å². The molecule has 0 atom stereocenters. The van der Waals surface area contributed by atoms with Gasteiger partial charge in [-0.2, -0.15) is 4.98 Å². The zero-order chi connectivity index (χ0) is 20.8. The SMILES string of the molecule is CCOc1ccccc1NC(=O)N1CCN(c2ccnc(N3CCOCC3)n2)CC1. The van der Waals surface area contributed by atoms with Crippen molar-refractivity contribution in [1.82, 2.24) is 14.9 Å². The Labute approximate surface area is 176 Å². The number of nitrogens with one attached hydrogen (secondary N) is 1. The first-order chi connectivity index (χ1) is 14.7. The molecule has 1 aromatic carbocycles. The van der Waals surface area contributed by atoms with E-state index in [0.29, 0.717) is 44.3 Å². The average molecular weight is 412 g/mol. The molecular weight excluding hydrogens is 384 g/mol. The Morgan fingerprint density at radius 2 is 1.83 bits per heavy atom. The molecule has 30 heavy (non-hydrogen) atoms. The highest BCUT2D eigenvalue weighted by Crippen LogP contribution is 2.24. The Hall–Kier alpha value is -3.07. The van der Waals surface area contributed by atoms with Crippen molar-refractivity contribution in [2.45, 2.75) is 6.92 Å². The summed E-state index contributed by atoms with van der Waals surface area (Å²) in [7, 11) is 0. The molecule has 1 aromatic heterocycles. The van der Waals surface area contributed by atoms with Gasteiger partial charge in [0.2, 0.25) is 5.95 Å². The van der Waals surface area contributed by atoms with Gasteiger partial charge in [-0.25, -0.2) is 9.78 Å². The van der Waals surface area contributed by atoms with E-state index in [1.165, 1.54) is 0 Å². The third-order valence-electron chi connectivity index (χ3n) is 5.24. The number of nitrogens with zero attached hydrogens (tertiary/aromatic N) is 5. The zero-order valence-electron chi connectivity index (χ0n) is 17.3. The van der Waals surface area contributed by atoms with Crippen LogP contribution in [-0.2, 0) is 4.74 Å². The van der Waals surface area contributed by atoms with Crippen LogP contribution < -0.4 is 19.9 Å². The van der Waals surface area contributed by atoms with Gasteiger partial charge < -0.3 is 29.5 Å². The monoisotopic (exact) mass is 412 g/mol. The summed E-state index contributed by atoms with van der Waals surface area (Å²) >= 11 is 0. The summed E-state index contributed by atoms with van der Waals surface area (Å²) in [5.41, 5.74) is 0.692. The predicted molar refractivity (Wildman–Crippen MR) is 115 cm³/mol. The Kier molecular flexibility index (Phi) is 6.48. The lowest BCUT2D eigenvalue weighted by atomic mass is 10.3. The highest BCUT2D eigenvalue weighted by Gasteiger charge is 2.23. The number of piperazine rings is 1. The van der Waals surface area contributed by atoms with Crippen LogP contribution in [0.25, 0.3) is 0 Å². The third kappa shape index (κ3) is 4.73. The average Bonchev–Trinajstić information content (AvgIpc) is 2.81. The minimum atomic E-state index is -0.113. The van der Waals surface area contributed by atoms with Crippen molar-refractivity contribution < 1.29 is 14.3 Å². The predicted octanol–water partition coefficient (Wildman–Crippen LogP) is 2.07. The topological polar surface area (TPSA) is 83.1 Å². The van der Waals surface area contributed by atoms with Crippen LogP contribution in [0, 0.1) is 0 Å². The van der Waals surface area contributed by atoms with Crippen LogP contribution >= 0.6 is 0 Å². The minimum Gasteiger partial charge on any atom is -0.492 e. The number of amides is 2. The number of morpholine rings is 1. The largest absolute Gasteiger partial charge is 0.492 e. The van der Waals surface area contributed by atoms with Crippen LogP contribution in [0.2, 0.25) is 0 Å². The summed E-state index contributed by atoms with van der Waals surface area (Å²) in [5, 5.41) is 2.97. The van der Waals surface area contributed by atoms with Crippen LogP contribution in [-0.4, -0.2) is 80.0 Å². The fraction of sp³-hybridized carbons (Fsp3) is 0.476. The molecule has 9 nitrogen and oxygen atoms in total. The first-order valence-corrected chi connectivity index (χ1v) is 10.4. The van der Waals surface area contributed by atoms with Gasteiger partial charge in [0.05, 0.1) is 25.5 Å². The molecule has 0 spiro atoms. The van der Waals surface area contributed by atoms with Crippen molar-refractivity contribution >= 4 is 23.5 Å². The van der Waals surface area contributed by atoms with E-state index in [0.717, 1.165) is 37.9 Å². The summed E-state index contributed by atoms with van der Waals surface area (Å²) < 4.78 is 11.0. The van der Waals surface area contributed by atoms with Crippen molar-refractivity contribution in [2.75, 3.05) is 74.2 Å². The molecule has 2 aliphatic heterocycles. The molecule has 0 radical (unpaired) electrons.